The van der Waals surface area contributed by atoms with Crippen LogP contribution in [0.5, 0.6) is 0 Å². The third-order valence-corrected chi connectivity index (χ3v) is 6.68. The summed E-state index contributed by atoms with van der Waals surface area (Å²) in [5, 5.41) is 3.17. The van der Waals surface area contributed by atoms with Gasteiger partial charge < -0.3 is 10.2 Å². The molecular weight excluding hydrogens is 463 g/mol. The Kier molecular flexibility index (Phi) is 6.79. The third-order valence-electron chi connectivity index (χ3n) is 6.33. The monoisotopic (exact) mass is 490 g/mol. The van der Waals surface area contributed by atoms with Crippen molar-refractivity contribution in [3.63, 3.8) is 0 Å². The average Bonchev–Trinajstić information content (AvgIpc) is 3.21. The van der Waals surface area contributed by atoms with Crippen molar-refractivity contribution in [3.05, 3.63) is 55.4 Å². The lowest BCUT2D eigenvalue weighted by Crippen LogP contribution is -2.44. The van der Waals surface area contributed by atoms with E-state index in [-0.39, 0.29) is 40.1 Å². The van der Waals surface area contributed by atoms with E-state index in [4.69, 9.17) is 11.6 Å². The normalized spacial score (nSPS) is 16.3. The zero-order valence-electron chi connectivity index (χ0n) is 19.5. The van der Waals surface area contributed by atoms with Crippen LogP contribution in [0.4, 0.5) is 10.3 Å². The summed E-state index contributed by atoms with van der Waals surface area (Å²) in [6.45, 7) is 3.57. The van der Waals surface area contributed by atoms with Gasteiger partial charge in [0, 0.05) is 44.3 Å². The fourth-order valence-corrected chi connectivity index (χ4v) is 4.66. The number of carbonyl (C=O) groups excluding carboxylic acids is 1. The summed E-state index contributed by atoms with van der Waals surface area (Å²) >= 11 is 6.30. The smallest absolute Gasteiger partial charge is 0.332 e. The van der Waals surface area contributed by atoms with E-state index in [1.807, 2.05) is 11.8 Å². The minimum Gasteiger partial charge on any atom is -0.356 e. The fourth-order valence-electron chi connectivity index (χ4n) is 4.43. The second kappa shape index (κ2) is 9.61. The highest BCUT2D eigenvalue weighted by Crippen LogP contribution is 2.28. The number of rotatable bonds is 6. The van der Waals surface area contributed by atoms with Crippen molar-refractivity contribution in [1.29, 1.82) is 0 Å². The van der Waals surface area contributed by atoms with E-state index in [0.717, 1.165) is 23.8 Å². The average molecular weight is 491 g/mol. The molecule has 1 N–H and O–H groups in total. The van der Waals surface area contributed by atoms with E-state index in [1.54, 1.807) is 17.7 Å². The Morgan fingerprint density at radius 3 is 2.74 bits per heavy atom. The quantitative estimate of drug-likeness (QED) is 0.570. The topological polar surface area (TPSA) is 94.2 Å². The Bertz CT molecular complexity index is 1340. The van der Waals surface area contributed by atoms with Crippen LogP contribution in [0.15, 0.2) is 27.8 Å². The molecule has 1 aromatic carbocycles. The molecule has 0 bridgehead atoms. The summed E-state index contributed by atoms with van der Waals surface area (Å²) in [6.07, 6.45) is 2.34. The van der Waals surface area contributed by atoms with E-state index in [9.17, 15) is 18.8 Å². The molecule has 1 aliphatic rings. The van der Waals surface area contributed by atoms with Crippen molar-refractivity contribution in [2.24, 2.45) is 20.0 Å². The van der Waals surface area contributed by atoms with Crippen molar-refractivity contribution < 1.29 is 9.18 Å². The van der Waals surface area contributed by atoms with Gasteiger partial charge in [0.05, 0.1) is 12.5 Å². The van der Waals surface area contributed by atoms with Gasteiger partial charge >= 0.3 is 5.69 Å². The lowest BCUT2D eigenvalue weighted by Gasteiger charge is -2.33. The number of nitrogens with one attached hydrogen (secondary N) is 1. The van der Waals surface area contributed by atoms with E-state index in [2.05, 4.69) is 10.3 Å². The van der Waals surface area contributed by atoms with Crippen LogP contribution in [0.25, 0.3) is 11.2 Å². The van der Waals surface area contributed by atoms with Crippen LogP contribution >= 0.6 is 11.6 Å². The van der Waals surface area contributed by atoms with Crippen molar-refractivity contribution in [2.75, 3.05) is 24.5 Å². The highest BCUT2D eigenvalue weighted by Gasteiger charge is 2.30. The molecule has 9 nitrogen and oxygen atoms in total. The van der Waals surface area contributed by atoms with Gasteiger partial charge in [0.25, 0.3) is 5.56 Å². The molecule has 1 unspecified atom stereocenters. The maximum Gasteiger partial charge on any atom is 0.332 e. The Labute approximate surface area is 200 Å². The van der Waals surface area contributed by atoms with Crippen LogP contribution in [0, 0.1) is 11.7 Å². The zero-order chi connectivity index (χ0) is 24.6. The summed E-state index contributed by atoms with van der Waals surface area (Å²) in [5.41, 5.74) is -0.439. The third kappa shape index (κ3) is 4.22. The molecule has 34 heavy (non-hydrogen) atoms. The minimum atomic E-state index is -0.529. The lowest BCUT2D eigenvalue weighted by molar-refractivity contribution is -0.125. The number of carbonyl (C=O) groups is 1. The fraction of sp³-hybridized carbons (Fsp3) is 0.478. The largest absolute Gasteiger partial charge is 0.356 e. The zero-order valence-corrected chi connectivity index (χ0v) is 20.2. The number of anilines is 1. The van der Waals surface area contributed by atoms with Crippen molar-refractivity contribution in [3.8, 4) is 0 Å². The van der Waals surface area contributed by atoms with Gasteiger partial charge in [-0.3, -0.25) is 23.3 Å². The molecule has 1 amide bonds. The van der Waals surface area contributed by atoms with Crippen LogP contribution in [0.3, 0.4) is 0 Å². The Morgan fingerprint density at radius 1 is 1.26 bits per heavy atom. The molecule has 0 saturated carbocycles. The number of piperidine rings is 1. The Hall–Kier alpha value is -3.14. The first-order valence-corrected chi connectivity index (χ1v) is 11.7. The first-order valence-electron chi connectivity index (χ1n) is 11.4. The Morgan fingerprint density at radius 2 is 2.03 bits per heavy atom. The molecule has 1 saturated heterocycles. The molecule has 3 aromatic rings. The maximum absolute atomic E-state index is 14.7. The highest BCUT2D eigenvalue weighted by molar-refractivity contribution is 6.31. The van der Waals surface area contributed by atoms with Crippen molar-refractivity contribution >= 4 is 34.6 Å². The molecule has 182 valence electrons. The van der Waals surface area contributed by atoms with Gasteiger partial charge in [-0.1, -0.05) is 24.6 Å². The second-order valence-corrected chi connectivity index (χ2v) is 9.06. The number of imidazole rings is 1. The first-order chi connectivity index (χ1) is 16.2. The number of fused-ring (bicyclic) bond motifs is 1. The van der Waals surface area contributed by atoms with Gasteiger partial charge in [0.15, 0.2) is 11.2 Å². The van der Waals surface area contributed by atoms with Crippen LogP contribution in [0.2, 0.25) is 5.02 Å². The molecular formula is C23H28ClFN6O3. The number of amides is 1. The summed E-state index contributed by atoms with van der Waals surface area (Å²) in [5.74, 6) is -0.357. The van der Waals surface area contributed by atoms with Crippen LogP contribution < -0.4 is 21.5 Å². The summed E-state index contributed by atoms with van der Waals surface area (Å²) in [6, 6.07) is 4.41. The van der Waals surface area contributed by atoms with Gasteiger partial charge in [-0.25, -0.2) is 9.18 Å². The number of aromatic nitrogens is 4. The number of hydrogen-bond acceptors (Lipinski definition) is 5. The maximum atomic E-state index is 14.7. The minimum absolute atomic E-state index is 0.0188. The van der Waals surface area contributed by atoms with E-state index < -0.39 is 17.1 Å². The van der Waals surface area contributed by atoms with Gasteiger partial charge in [0.1, 0.15) is 5.82 Å². The predicted octanol–water partition coefficient (Wildman–Crippen LogP) is 2.02. The number of hydrogen-bond donors (Lipinski definition) is 1. The van der Waals surface area contributed by atoms with Crippen LogP contribution in [0.1, 0.15) is 31.7 Å². The number of halogens is 2. The van der Waals surface area contributed by atoms with E-state index in [0.29, 0.717) is 25.6 Å². The molecule has 0 radical (unpaired) electrons. The van der Waals surface area contributed by atoms with E-state index >= 15 is 0 Å². The highest BCUT2D eigenvalue weighted by atomic mass is 35.5. The number of benzene rings is 1. The molecule has 1 atom stereocenters. The molecule has 11 heteroatoms. The molecule has 0 spiro atoms. The molecule has 1 fully saturated rings. The second-order valence-electron chi connectivity index (χ2n) is 8.65. The summed E-state index contributed by atoms with van der Waals surface area (Å²) in [4.78, 5) is 44.9. The SMILES string of the molecule is CCCNC(=O)C1CCCN(c2nc3c(c(=O)n(C)c(=O)n3C)n2Cc2c(F)cccc2Cl)C1. The van der Waals surface area contributed by atoms with Gasteiger partial charge in [-0.15, -0.1) is 0 Å². The standard InChI is InChI=1S/C23H28ClFN6O3/c1-4-10-26-20(32)14-7-6-11-30(12-14)22-27-19-18(21(33)29(3)23(34)28(19)2)31(22)13-15-16(24)8-5-9-17(15)25/h5,8-9,14H,4,6-7,10-13H2,1-3H3,(H,26,32). The molecule has 4 rings (SSSR count). The van der Waals surface area contributed by atoms with E-state index in [1.165, 1.54) is 23.7 Å². The first kappa shape index (κ1) is 24.0. The molecule has 3 heterocycles. The number of aryl methyl sites for hydroxylation is 1. The molecule has 0 aliphatic carbocycles. The summed E-state index contributed by atoms with van der Waals surface area (Å²) < 4.78 is 18.6. The van der Waals surface area contributed by atoms with Crippen LogP contribution in [-0.2, 0) is 25.4 Å². The van der Waals surface area contributed by atoms with Crippen molar-refractivity contribution in [2.45, 2.75) is 32.7 Å². The molecule has 2 aromatic heterocycles. The van der Waals surface area contributed by atoms with Crippen molar-refractivity contribution in [1.82, 2.24) is 24.0 Å². The summed E-state index contributed by atoms with van der Waals surface area (Å²) in [7, 11) is 2.94. The van der Waals surface area contributed by atoms with Gasteiger partial charge in [-0.2, -0.15) is 4.98 Å². The predicted molar refractivity (Wildman–Crippen MR) is 129 cm³/mol. The Balaban J connectivity index is 1.86. The number of nitrogens with zero attached hydrogens (tertiary/aromatic N) is 5. The van der Waals surface area contributed by atoms with Crippen LogP contribution in [-0.4, -0.2) is 44.2 Å². The lowest BCUT2D eigenvalue weighted by atomic mass is 9.97. The van der Waals surface area contributed by atoms with Gasteiger partial charge in [-0.05, 0) is 31.4 Å². The van der Waals surface area contributed by atoms with Gasteiger partial charge in [0.2, 0.25) is 11.9 Å². The molecule has 1 aliphatic heterocycles.